The van der Waals surface area contributed by atoms with Gasteiger partial charge in [-0.05, 0) is 19.1 Å². The van der Waals surface area contributed by atoms with E-state index in [9.17, 15) is 4.79 Å². The monoisotopic (exact) mass is 263 g/mol. The Morgan fingerprint density at radius 3 is 3.06 bits per heavy atom. The molecule has 0 radical (unpaired) electrons. The van der Waals surface area contributed by atoms with Crippen molar-refractivity contribution in [2.75, 3.05) is 7.05 Å². The minimum atomic E-state index is -0.137. The first kappa shape index (κ1) is 12.6. The standard InChI is InChI=1S/C12H13N3O2S/c1-8-6-9(15-17-8)7-18-12-10(11(16)13-2)4-3-5-14-12/h3-6H,7H2,1-2H3,(H,13,16). The lowest BCUT2D eigenvalue weighted by Gasteiger charge is -2.05. The van der Waals surface area contributed by atoms with E-state index in [1.165, 1.54) is 11.8 Å². The van der Waals surface area contributed by atoms with Crippen LogP contribution < -0.4 is 5.32 Å². The Balaban J connectivity index is 2.11. The molecule has 0 spiro atoms. The third-order valence-electron chi connectivity index (χ3n) is 2.28. The van der Waals surface area contributed by atoms with Crippen LogP contribution in [0.25, 0.3) is 0 Å². The van der Waals surface area contributed by atoms with E-state index in [1.807, 2.05) is 13.0 Å². The molecule has 0 aliphatic heterocycles. The minimum absolute atomic E-state index is 0.137. The highest BCUT2D eigenvalue weighted by Gasteiger charge is 2.11. The van der Waals surface area contributed by atoms with Gasteiger partial charge in [0.25, 0.3) is 5.91 Å². The molecule has 18 heavy (non-hydrogen) atoms. The molecule has 0 saturated carbocycles. The van der Waals surface area contributed by atoms with E-state index in [0.717, 1.165) is 11.5 Å². The number of amides is 1. The van der Waals surface area contributed by atoms with Gasteiger partial charge in [0.05, 0.1) is 11.3 Å². The van der Waals surface area contributed by atoms with Gasteiger partial charge in [0.15, 0.2) is 0 Å². The summed E-state index contributed by atoms with van der Waals surface area (Å²) < 4.78 is 4.99. The number of rotatable bonds is 4. The number of pyridine rings is 1. The molecule has 0 unspecified atom stereocenters. The first-order valence-corrected chi connectivity index (χ1v) is 6.41. The summed E-state index contributed by atoms with van der Waals surface area (Å²) in [5, 5.41) is 7.19. The van der Waals surface area contributed by atoms with Crippen molar-refractivity contribution in [3.63, 3.8) is 0 Å². The van der Waals surface area contributed by atoms with Crippen molar-refractivity contribution in [1.29, 1.82) is 0 Å². The third-order valence-corrected chi connectivity index (χ3v) is 3.32. The van der Waals surface area contributed by atoms with Crippen molar-refractivity contribution < 1.29 is 9.32 Å². The topological polar surface area (TPSA) is 68.0 Å². The zero-order chi connectivity index (χ0) is 13.0. The van der Waals surface area contributed by atoms with Crippen LogP contribution in [0.15, 0.2) is 33.9 Å². The molecule has 0 atom stereocenters. The van der Waals surface area contributed by atoms with Crippen LogP contribution >= 0.6 is 11.8 Å². The molecule has 2 rings (SSSR count). The summed E-state index contributed by atoms with van der Waals surface area (Å²) in [5.41, 5.74) is 1.41. The predicted molar refractivity (Wildman–Crippen MR) is 68.4 cm³/mol. The molecule has 2 aromatic rings. The fraction of sp³-hybridized carbons (Fsp3) is 0.250. The Morgan fingerprint density at radius 2 is 2.39 bits per heavy atom. The lowest BCUT2D eigenvalue weighted by Crippen LogP contribution is -2.18. The molecule has 0 aliphatic rings. The molecular formula is C12H13N3O2S. The Hall–Kier alpha value is -1.82. The minimum Gasteiger partial charge on any atom is -0.361 e. The predicted octanol–water partition coefficient (Wildman–Crippen LogP) is 2.03. The number of nitrogens with zero attached hydrogens (tertiary/aromatic N) is 2. The maximum Gasteiger partial charge on any atom is 0.253 e. The van der Waals surface area contributed by atoms with Gasteiger partial charge in [-0.15, -0.1) is 0 Å². The number of thioether (sulfide) groups is 1. The quantitative estimate of drug-likeness (QED) is 0.855. The molecule has 2 heterocycles. The molecule has 94 valence electrons. The maximum atomic E-state index is 11.7. The average Bonchev–Trinajstić information content (AvgIpc) is 2.81. The fourth-order valence-corrected chi connectivity index (χ4v) is 2.31. The largest absolute Gasteiger partial charge is 0.361 e. The fourth-order valence-electron chi connectivity index (χ4n) is 1.44. The van der Waals surface area contributed by atoms with Gasteiger partial charge < -0.3 is 9.84 Å². The van der Waals surface area contributed by atoms with Gasteiger partial charge in [-0.2, -0.15) is 0 Å². The molecule has 2 aromatic heterocycles. The number of carbonyl (C=O) groups is 1. The zero-order valence-electron chi connectivity index (χ0n) is 10.1. The van der Waals surface area contributed by atoms with Gasteiger partial charge in [-0.3, -0.25) is 4.79 Å². The van der Waals surface area contributed by atoms with Crippen molar-refractivity contribution in [2.24, 2.45) is 0 Å². The summed E-state index contributed by atoms with van der Waals surface area (Å²) in [7, 11) is 1.60. The summed E-state index contributed by atoms with van der Waals surface area (Å²) in [6.45, 7) is 1.85. The van der Waals surface area contributed by atoms with E-state index >= 15 is 0 Å². The summed E-state index contributed by atoms with van der Waals surface area (Å²) >= 11 is 1.46. The maximum absolute atomic E-state index is 11.7. The number of aromatic nitrogens is 2. The van der Waals surface area contributed by atoms with Gasteiger partial charge in [-0.1, -0.05) is 16.9 Å². The van der Waals surface area contributed by atoms with Crippen LogP contribution in [-0.4, -0.2) is 23.1 Å². The van der Waals surface area contributed by atoms with E-state index in [0.29, 0.717) is 16.3 Å². The van der Waals surface area contributed by atoms with Gasteiger partial charge in [0.2, 0.25) is 0 Å². The summed E-state index contributed by atoms with van der Waals surface area (Å²) in [6, 6.07) is 5.37. The van der Waals surface area contributed by atoms with Crippen molar-refractivity contribution in [3.8, 4) is 0 Å². The van der Waals surface area contributed by atoms with E-state index in [2.05, 4.69) is 15.5 Å². The lowest BCUT2D eigenvalue weighted by atomic mass is 10.3. The van der Waals surface area contributed by atoms with Crippen LogP contribution in [0, 0.1) is 6.92 Å². The molecule has 1 N–H and O–H groups in total. The highest BCUT2D eigenvalue weighted by molar-refractivity contribution is 7.98. The van der Waals surface area contributed by atoms with Gasteiger partial charge in [-0.25, -0.2) is 4.98 Å². The second-order valence-electron chi connectivity index (χ2n) is 3.65. The first-order valence-electron chi connectivity index (χ1n) is 5.43. The second kappa shape index (κ2) is 5.68. The van der Waals surface area contributed by atoms with Crippen LogP contribution in [0.5, 0.6) is 0 Å². The smallest absolute Gasteiger partial charge is 0.253 e. The normalized spacial score (nSPS) is 10.3. The van der Waals surface area contributed by atoms with Crippen molar-refractivity contribution in [2.45, 2.75) is 17.7 Å². The molecule has 5 nitrogen and oxygen atoms in total. The third kappa shape index (κ3) is 2.89. The van der Waals surface area contributed by atoms with Crippen LogP contribution in [0.1, 0.15) is 21.8 Å². The number of hydrogen-bond acceptors (Lipinski definition) is 5. The van der Waals surface area contributed by atoms with E-state index in [-0.39, 0.29) is 5.91 Å². The average molecular weight is 263 g/mol. The first-order chi connectivity index (χ1) is 8.70. The van der Waals surface area contributed by atoms with E-state index in [1.54, 1.807) is 25.4 Å². The molecule has 0 aromatic carbocycles. The lowest BCUT2D eigenvalue weighted by molar-refractivity contribution is 0.0959. The molecule has 0 saturated heterocycles. The van der Waals surface area contributed by atoms with Gasteiger partial charge in [0, 0.05) is 25.1 Å². The Kier molecular flexibility index (Phi) is 3.99. The summed E-state index contributed by atoms with van der Waals surface area (Å²) in [5.74, 6) is 1.26. The summed E-state index contributed by atoms with van der Waals surface area (Å²) in [6.07, 6.45) is 1.67. The highest BCUT2D eigenvalue weighted by Crippen LogP contribution is 2.23. The van der Waals surface area contributed by atoms with Gasteiger partial charge >= 0.3 is 0 Å². The molecule has 0 bridgehead atoms. The zero-order valence-corrected chi connectivity index (χ0v) is 11.0. The Morgan fingerprint density at radius 1 is 1.56 bits per heavy atom. The molecule has 0 aliphatic carbocycles. The van der Waals surface area contributed by atoms with Crippen molar-refractivity contribution >= 4 is 17.7 Å². The van der Waals surface area contributed by atoms with Gasteiger partial charge in [0.1, 0.15) is 10.8 Å². The van der Waals surface area contributed by atoms with Crippen molar-refractivity contribution in [3.05, 3.63) is 41.4 Å². The molecule has 6 heteroatoms. The molecule has 0 fully saturated rings. The number of hydrogen-bond donors (Lipinski definition) is 1. The van der Waals surface area contributed by atoms with E-state index < -0.39 is 0 Å². The Labute approximate surface area is 109 Å². The van der Waals surface area contributed by atoms with Crippen LogP contribution in [0.3, 0.4) is 0 Å². The van der Waals surface area contributed by atoms with Crippen LogP contribution in [-0.2, 0) is 5.75 Å². The van der Waals surface area contributed by atoms with Crippen LogP contribution in [0.4, 0.5) is 0 Å². The van der Waals surface area contributed by atoms with E-state index in [4.69, 9.17) is 4.52 Å². The highest BCUT2D eigenvalue weighted by atomic mass is 32.2. The second-order valence-corrected chi connectivity index (χ2v) is 4.62. The molecular weight excluding hydrogens is 250 g/mol. The van der Waals surface area contributed by atoms with Crippen molar-refractivity contribution in [1.82, 2.24) is 15.5 Å². The Bertz CT molecular complexity index is 554. The SMILES string of the molecule is CNC(=O)c1cccnc1SCc1cc(C)on1. The number of nitrogens with one attached hydrogen (secondary N) is 1. The van der Waals surface area contributed by atoms with Crippen LogP contribution in [0.2, 0.25) is 0 Å². The molecule has 1 amide bonds. The summed E-state index contributed by atoms with van der Waals surface area (Å²) in [4.78, 5) is 15.9. The number of carbonyl (C=O) groups excluding carboxylic acids is 1. The number of aryl methyl sites for hydroxylation is 1.